The molecule has 3 aromatic rings. The fraction of sp³-hybridized carbons (Fsp3) is 0.500. The van der Waals surface area contributed by atoms with Gasteiger partial charge in [0, 0.05) is 48.9 Å². The zero-order chi connectivity index (χ0) is 21.1. The van der Waals surface area contributed by atoms with Gasteiger partial charge in [-0.05, 0) is 52.0 Å². The van der Waals surface area contributed by atoms with Crippen LogP contribution in [0.25, 0.3) is 11.3 Å². The van der Waals surface area contributed by atoms with Gasteiger partial charge in [0.1, 0.15) is 0 Å². The van der Waals surface area contributed by atoms with Gasteiger partial charge in [0.2, 0.25) is 5.91 Å². The van der Waals surface area contributed by atoms with Crippen LogP contribution in [-0.2, 0) is 11.3 Å². The second-order valence-corrected chi connectivity index (χ2v) is 8.14. The van der Waals surface area contributed by atoms with E-state index < -0.39 is 0 Å². The second kappa shape index (κ2) is 8.77. The smallest absolute Gasteiger partial charge is 0.222 e. The van der Waals surface area contributed by atoms with Crippen molar-refractivity contribution in [1.82, 2.24) is 34.8 Å². The van der Waals surface area contributed by atoms with E-state index in [-0.39, 0.29) is 11.9 Å². The highest BCUT2D eigenvalue weighted by atomic mass is 16.1. The first-order chi connectivity index (χ1) is 14.5. The van der Waals surface area contributed by atoms with Crippen LogP contribution < -0.4 is 5.32 Å². The number of aromatic nitrogens is 6. The van der Waals surface area contributed by atoms with Crippen molar-refractivity contribution in [1.29, 1.82) is 0 Å². The van der Waals surface area contributed by atoms with Crippen LogP contribution in [0.3, 0.4) is 0 Å². The summed E-state index contributed by atoms with van der Waals surface area (Å²) < 4.78 is 3.97. The van der Waals surface area contributed by atoms with E-state index in [1.165, 1.54) is 5.56 Å². The number of carbonyl (C=O) groups excluding carboxylic acids is 1. The monoisotopic (exact) mass is 407 g/mol. The van der Waals surface area contributed by atoms with Gasteiger partial charge in [0.25, 0.3) is 0 Å². The molecule has 1 aliphatic carbocycles. The predicted octanol–water partition coefficient (Wildman–Crippen LogP) is 3.15. The molecule has 1 fully saturated rings. The van der Waals surface area contributed by atoms with Crippen LogP contribution >= 0.6 is 0 Å². The van der Waals surface area contributed by atoms with Crippen molar-refractivity contribution in [3.8, 4) is 11.3 Å². The molecule has 0 atom stereocenters. The zero-order valence-electron chi connectivity index (χ0n) is 17.9. The van der Waals surface area contributed by atoms with Gasteiger partial charge >= 0.3 is 0 Å². The number of rotatable bonds is 6. The summed E-state index contributed by atoms with van der Waals surface area (Å²) in [6.45, 7) is 6.76. The van der Waals surface area contributed by atoms with E-state index in [0.29, 0.717) is 19.0 Å². The Balaban J connectivity index is 1.25. The van der Waals surface area contributed by atoms with Crippen molar-refractivity contribution >= 4 is 5.91 Å². The van der Waals surface area contributed by atoms with E-state index >= 15 is 0 Å². The van der Waals surface area contributed by atoms with Gasteiger partial charge in [-0.3, -0.25) is 24.1 Å². The fourth-order valence-electron chi connectivity index (χ4n) is 4.11. The summed E-state index contributed by atoms with van der Waals surface area (Å²) >= 11 is 0. The Kier molecular flexibility index (Phi) is 5.92. The van der Waals surface area contributed by atoms with Gasteiger partial charge in [0.05, 0.1) is 29.8 Å². The largest absolute Gasteiger partial charge is 0.353 e. The van der Waals surface area contributed by atoms with Gasteiger partial charge < -0.3 is 5.32 Å². The third kappa shape index (κ3) is 4.42. The molecule has 8 heteroatoms. The molecule has 0 saturated heterocycles. The molecular formula is C22H29N7O. The van der Waals surface area contributed by atoms with Crippen LogP contribution in [0.1, 0.15) is 55.1 Å². The molecule has 3 heterocycles. The molecule has 4 rings (SSSR count). The van der Waals surface area contributed by atoms with Gasteiger partial charge in [0.15, 0.2) is 0 Å². The van der Waals surface area contributed by atoms with Crippen molar-refractivity contribution in [2.45, 2.75) is 71.5 Å². The van der Waals surface area contributed by atoms with Gasteiger partial charge in [-0.15, -0.1) is 0 Å². The van der Waals surface area contributed by atoms with Crippen LogP contribution in [0.5, 0.6) is 0 Å². The summed E-state index contributed by atoms with van der Waals surface area (Å²) in [7, 11) is 0. The molecular weight excluding hydrogens is 378 g/mol. The van der Waals surface area contributed by atoms with E-state index in [1.54, 1.807) is 18.6 Å². The molecule has 0 aromatic carbocycles. The van der Waals surface area contributed by atoms with Crippen LogP contribution in [-0.4, -0.2) is 41.5 Å². The quantitative estimate of drug-likeness (QED) is 0.678. The molecule has 1 amide bonds. The Morgan fingerprint density at radius 2 is 1.93 bits per heavy atom. The highest BCUT2D eigenvalue weighted by Crippen LogP contribution is 2.29. The Morgan fingerprint density at radius 1 is 1.13 bits per heavy atom. The Hall–Kier alpha value is -3.03. The Labute approximate surface area is 176 Å². The molecule has 0 aliphatic heterocycles. The summed E-state index contributed by atoms with van der Waals surface area (Å²) in [6, 6.07) is 0.604. The lowest BCUT2D eigenvalue weighted by Gasteiger charge is -2.29. The van der Waals surface area contributed by atoms with E-state index in [0.717, 1.165) is 48.3 Å². The van der Waals surface area contributed by atoms with Crippen LogP contribution in [0.15, 0.2) is 31.0 Å². The zero-order valence-corrected chi connectivity index (χ0v) is 17.9. The van der Waals surface area contributed by atoms with Gasteiger partial charge in [-0.25, -0.2) is 0 Å². The summed E-state index contributed by atoms with van der Waals surface area (Å²) in [6.07, 6.45) is 13.4. The first-order valence-electron chi connectivity index (χ1n) is 10.6. The molecule has 1 saturated carbocycles. The first kappa shape index (κ1) is 20.3. The lowest BCUT2D eigenvalue weighted by Crippen LogP contribution is -2.38. The van der Waals surface area contributed by atoms with E-state index in [2.05, 4.69) is 39.3 Å². The summed E-state index contributed by atoms with van der Waals surface area (Å²) in [5.74, 6) is 0.104. The fourth-order valence-corrected chi connectivity index (χ4v) is 4.11. The van der Waals surface area contributed by atoms with Crippen molar-refractivity contribution in [3.05, 3.63) is 47.9 Å². The summed E-state index contributed by atoms with van der Waals surface area (Å²) in [5.41, 5.74) is 5.20. The highest BCUT2D eigenvalue weighted by molar-refractivity contribution is 5.76. The molecule has 0 unspecified atom stereocenters. The number of nitrogens with zero attached hydrogens (tertiary/aromatic N) is 6. The minimum atomic E-state index is 0.104. The third-order valence-electron chi connectivity index (χ3n) is 6.19. The molecule has 8 nitrogen and oxygen atoms in total. The molecule has 0 spiro atoms. The Morgan fingerprint density at radius 3 is 2.60 bits per heavy atom. The number of hydrogen-bond acceptors (Lipinski definition) is 5. The van der Waals surface area contributed by atoms with Crippen LogP contribution in [0.2, 0.25) is 0 Å². The lowest BCUT2D eigenvalue weighted by atomic mass is 9.91. The van der Waals surface area contributed by atoms with E-state index in [1.807, 2.05) is 28.7 Å². The van der Waals surface area contributed by atoms with E-state index in [4.69, 9.17) is 0 Å². The SMILES string of the molecule is Cc1nn(CCC(=O)NC2CCC(n3cc(-c4cnccn4)cn3)CC2)c(C)c1C. The predicted molar refractivity (Wildman–Crippen MR) is 114 cm³/mol. The maximum absolute atomic E-state index is 12.4. The second-order valence-electron chi connectivity index (χ2n) is 8.14. The van der Waals surface area contributed by atoms with Gasteiger partial charge in [-0.2, -0.15) is 10.2 Å². The Bertz CT molecular complexity index is 1000. The average molecular weight is 408 g/mol. The first-order valence-corrected chi connectivity index (χ1v) is 10.6. The summed E-state index contributed by atoms with van der Waals surface area (Å²) in [4.78, 5) is 20.9. The molecule has 0 bridgehead atoms. The number of aryl methyl sites for hydroxylation is 2. The number of hydrogen-bond donors (Lipinski definition) is 1. The summed E-state index contributed by atoms with van der Waals surface area (Å²) in [5, 5.41) is 12.3. The molecule has 0 radical (unpaired) electrons. The van der Waals surface area contributed by atoms with Crippen molar-refractivity contribution in [2.75, 3.05) is 0 Å². The lowest BCUT2D eigenvalue weighted by molar-refractivity contribution is -0.122. The number of amides is 1. The minimum Gasteiger partial charge on any atom is -0.353 e. The number of nitrogens with one attached hydrogen (secondary N) is 1. The van der Waals surface area contributed by atoms with Crippen molar-refractivity contribution in [3.63, 3.8) is 0 Å². The van der Waals surface area contributed by atoms with Crippen LogP contribution in [0.4, 0.5) is 0 Å². The normalized spacial score (nSPS) is 19.0. The van der Waals surface area contributed by atoms with Crippen molar-refractivity contribution in [2.24, 2.45) is 0 Å². The maximum Gasteiger partial charge on any atom is 0.222 e. The van der Waals surface area contributed by atoms with E-state index in [9.17, 15) is 4.79 Å². The van der Waals surface area contributed by atoms with Gasteiger partial charge in [-0.1, -0.05) is 0 Å². The molecule has 1 N–H and O–H groups in total. The molecule has 158 valence electrons. The minimum absolute atomic E-state index is 0.104. The highest BCUT2D eigenvalue weighted by Gasteiger charge is 2.24. The number of carbonyl (C=O) groups is 1. The molecule has 30 heavy (non-hydrogen) atoms. The maximum atomic E-state index is 12.4. The third-order valence-corrected chi connectivity index (χ3v) is 6.19. The molecule has 3 aromatic heterocycles. The topological polar surface area (TPSA) is 90.5 Å². The van der Waals surface area contributed by atoms with Crippen LogP contribution in [0, 0.1) is 20.8 Å². The average Bonchev–Trinajstić information content (AvgIpc) is 3.35. The van der Waals surface area contributed by atoms with Crippen molar-refractivity contribution < 1.29 is 4.79 Å². The standard InChI is InChI=1S/C22H29N7O/c1-15-16(2)27-28(17(15)3)11-8-22(30)26-19-4-6-20(7-5-19)29-14-18(12-25-29)21-13-23-9-10-24-21/h9-10,12-14,19-20H,4-8,11H2,1-3H3,(H,26,30). The molecule has 1 aliphatic rings.